The Labute approximate surface area is 116 Å². The molecule has 1 N–H and O–H groups in total. The molecular weight excluding hydrogens is 238 g/mol. The molecule has 19 heavy (non-hydrogen) atoms. The van der Waals surface area contributed by atoms with Gasteiger partial charge in [0.1, 0.15) is 5.75 Å². The summed E-state index contributed by atoms with van der Waals surface area (Å²) in [4.78, 5) is 4.93. The van der Waals surface area contributed by atoms with E-state index in [9.17, 15) is 0 Å². The Balaban J connectivity index is 2.21. The molecule has 1 saturated heterocycles. The fourth-order valence-corrected chi connectivity index (χ4v) is 3.04. The molecule has 0 radical (unpaired) electrons. The van der Waals surface area contributed by atoms with Crippen molar-refractivity contribution >= 4 is 5.69 Å². The van der Waals surface area contributed by atoms with Gasteiger partial charge < -0.3 is 19.9 Å². The third-order valence-electron chi connectivity index (χ3n) is 3.78. The topological polar surface area (TPSA) is 27.7 Å². The second-order valence-corrected chi connectivity index (χ2v) is 5.39. The lowest BCUT2D eigenvalue weighted by atomic mass is 10.1. The summed E-state index contributed by atoms with van der Waals surface area (Å²) in [6.07, 6.45) is 0. The van der Waals surface area contributed by atoms with Crippen LogP contribution >= 0.6 is 0 Å². The van der Waals surface area contributed by atoms with Crippen molar-refractivity contribution < 1.29 is 4.74 Å². The highest BCUT2D eigenvalue weighted by Crippen LogP contribution is 2.26. The van der Waals surface area contributed by atoms with Crippen LogP contribution in [0.4, 0.5) is 5.69 Å². The van der Waals surface area contributed by atoms with Crippen LogP contribution in [0.15, 0.2) is 24.3 Å². The van der Waals surface area contributed by atoms with Crippen LogP contribution in [-0.4, -0.2) is 57.8 Å². The molecule has 4 nitrogen and oxygen atoms in total. The quantitative estimate of drug-likeness (QED) is 0.889. The maximum absolute atomic E-state index is 5.24. The predicted octanol–water partition coefficient (Wildman–Crippen LogP) is 1.42. The lowest BCUT2D eigenvalue weighted by Crippen LogP contribution is -2.59. The van der Waals surface area contributed by atoms with E-state index in [2.05, 4.69) is 41.2 Å². The zero-order valence-corrected chi connectivity index (χ0v) is 12.4. The lowest BCUT2D eigenvalue weighted by Gasteiger charge is -2.46. The average Bonchev–Trinajstić information content (AvgIpc) is 2.39. The smallest absolute Gasteiger partial charge is 0.119 e. The molecule has 1 aromatic rings. The number of likely N-dealkylation sites (N-methyl/N-ethyl adjacent to an activating group) is 2. The molecule has 1 fully saturated rings. The van der Waals surface area contributed by atoms with Crippen molar-refractivity contribution in [1.29, 1.82) is 0 Å². The predicted molar refractivity (Wildman–Crippen MR) is 80.1 cm³/mol. The van der Waals surface area contributed by atoms with E-state index >= 15 is 0 Å². The highest BCUT2D eigenvalue weighted by atomic mass is 16.5. The van der Waals surface area contributed by atoms with Crippen molar-refractivity contribution in [2.45, 2.75) is 19.0 Å². The van der Waals surface area contributed by atoms with Gasteiger partial charge in [-0.2, -0.15) is 0 Å². The maximum Gasteiger partial charge on any atom is 0.119 e. The number of ether oxygens (including phenoxy) is 1. The van der Waals surface area contributed by atoms with E-state index in [0.29, 0.717) is 12.1 Å². The summed E-state index contributed by atoms with van der Waals surface area (Å²) in [7, 11) is 5.92. The summed E-state index contributed by atoms with van der Waals surface area (Å²) in [5, 5.41) is 3.31. The van der Waals surface area contributed by atoms with Crippen LogP contribution in [0.1, 0.15) is 6.92 Å². The molecule has 1 aromatic carbocycles. The van der Waals surface area contributed by atoms with Crippen LogP contribution in [0, 0.1) is 0 Å². The van der Waals surface area contributed by atoms with Crippen LogP contribution < -0.4 is 15.0 Å². The largest absolute Gasteiger partial charge is 0.497 e. The summed E-state index contributed by atoms with van der Waals surface area (Å²) in [6, 6.07) is 9.41. The van der Waals surface area contributed by atoms with Gasteiger partial charge in [0.2, 0.25) is 0 Å². The van der Waals surface area contributed by atoms with Gasteiger partial charge in [0.15, 0.2) is 0 Å². The standard InChI is InChI=1S/C15H25N3O/c1-12-10-17(3)11-14(9-16-2)18(12)13-5-7-15(19-4)8-6-13/h5-8,12,14,16H,9-11H2,1-4H3. The minimum absolute atomic E-state index is 0.507. The molecule has 1 heterocycles. The first-order valence-corrected chi connectivity index (χ1v) is 6.91. The minimum Gasteiger partial charge on any atom is -0.497 e. The summed E-state index contributed by atoms with van der Waals surface area (Å²) < 4.78 is 5.24. The minimum atomic E-state index is 0.507. The van der Waals surface area contributed by atoms with Crippen molar-refractivity contribution in [2.75, 3.05) is 45.7 Å². The van der Waals surface area contributed by atoms with E-state index in [-0.39, 0.29) is 0 Å². The first-order valence-electron chi connectivity index (χ1n) is 6.91. The summed E-state index contributed by atoms with van der Waals surface area (Å²) in [5.41, 5.74) is 1.28. The third-order valence-corrected chi connectivity index (χ3v) is 3.78. The van der Waals surface area contributed by atoms with Crippen LogP contribution in [0.2, 0.25) is 0 Å². The molecular formula is C15H25N3O. The zero-order valence-electron chi connectivity index (χ0n) is 12.4. The Morgan fingerprint density at radius 3 is 2.53 bits per heavy atom. The molecule has 106 valence electrons. The number of benzene rings is 1. The summed E-state index contributed by atoms with van der Waals surface area (Å²) in [5.74, 6) is 0.913. The Morgan fingerprint density at radius 2 is 1.95 bits per heavy atom. The van der Waals surface area contributed by atoms with E-state index in [1.807, 2.05) is 19.2 Å². The molecule has 1 aliphatic rings. The first kappa shape index (κ1) is 14.2. The van der Waals surface area contributed by atoms with Gasteiger partial charge in [-0.05, 0) is 45.3 Å². The fraction of sp³-hybridized carbons (Fsp3) is 0.600. The summed E-state index contributed by atoms with van der Waals surface area (Å²) >= 11 is 0. The third kappa shape index (κ3) is 3.19. The van der Waals surface area contributed by atoms with E-state index in [4.69, 9.17) is 4.74 Å². The van der Waals surface area contributed by atoms with Crippen molar-refractivity contribution in [2.24, 2.45) is 0 Å². The van der Waals surface area contributed by atoms with Gasteiger partial charge in [0.25, 0.3) is 0 Å². The number of methoxy groups -OCH3 is 1. The van der Waals surface area contributed by atoms with Gasteiger partial charge in [-0.1, -0.05) is 0 Å². The van der Waals surface area contributed by atoms with E-state index in [0.717, 1.165) is 25.4 Å². The van der Waals surface area contributed by atoms with Crippen LogP contribution in [0.25, 0.3) is 0 Å². The van der Waals surface area contributed by atoms with Crippen molar-refractivity contribution in [3.8, 4) is 5.75 Å². The Morgan fingerprint density at radius 1 is 1.26 bits per heavy atom. The van der Waals surface area contributed by atoms with Crippen LogP contribution in [0.3, 0.4) is 0 Å². The monoisotopic (exact) mass is 263 g/mol. The molecule has 0 amide bonds. The number of nitrogens with zero attached hydrogens (tertiary/aromatic N) is 2. The average molecular weight is 263 g/mol. The lowest BCUT2D eigenvalue weighted by molar-refractivity contribution is 0.230. The normalized spacial score (nSPS) is 24.5. The highest BCUT2D eigenvalue weighted by molar-refractivity contribution is 5.51. The van der Waals surface area contributed by atoms with Crippen molar-refractivity contribution in [3.05, 3.63) is 24.3 Å². The second kappa shape index (κ2) is 6.26. The van der Waals surface area contributed by atoms with E-state index < -0.39 is 0 Å². The number of hydrogen-bond donors (Lipinski definition) is 1. The molecule has 0 spiro atoms. The second-order valence-electron chi connectivity index (χ2n) is 5.39. The molecule has 1 aliphatic heterocycles. The van der Waals surface area contributed by atoms with Gasteiger partial charge in [-0.25, -0.2) is 0 Å². The zero-order chi connectivity index (χ0) is 13.8. The van der Waals surface area contributed by atoms with Crippen molar-refractivity contribution in [3.63, 3.8) is 0 Å². The first-order chi connectivity index (χ1) is 9.15. The molecule has 2 atom stereocenters. The Kier molecular flexibility index (Phi) is 4.66. The number of nitrogens with one attached hydrogen (secondary N) is 1. The van der Waals surface area contributed by atoms with Gasteiger partial charge in [-0.3, -0.25) is 0 Å². The Bertz CT molecular complexity index is 393. The fourth-order valence-electron chi connectivity index (χ4n) is 3.04. The molecule has 0 aliphatic carbocycles. The van der Waals surface area contributed by atoms with Crippen LogP contribution in [0.5, 0.6) is 5.75 Å². The highest BCUT2D eigenvalue weighted by Gasteiger charge is 2.30. The molecule has 0 saturated carbocycles. The van der Waals surface area contributed by atoms with Crippen molar-refractivity contribution in [1.82, 2.24) is 10.2 Å². The van der Waals surface area contributed by atoms with E-state index in [1.165, 1.54) is 5.69 Å². The number of anilines is 1. The van der Waals surface area contributed by atoms with Gasteiger partial charge >= 0.3 is 0 Å². The van der Waals surface area contributed by atoms with Gasteiger partial charge in [0.05, 0.1) is 13.2 Å². The van der Waals surface area contributed by atoms with Gasteiger partial charge in [-0.15, -0.1) is 0 Å². The Hall–Kier alpha value is -1.26. The number of piperazine rings is 1. The van der Waals surface area contributed by atoms with Gasteiger partial charge in [0, 0.05) is 31.4 Å². The summed E-state index contributed by atoms with van der Waals surface area (Å²) in [6.45, 7) is 5.49. The molecule has 0 aromatic heterocycles. The molecule has 0 bridgehead atoms. The van der Waals surface area contributed by atoms with E-state index in [1.54, 1.807) is 7.11 Å². The number of hydrogen-bond acceptors (Lipinski definition) is 4. The molecule has 2 unspecified atom stereocenters. The molecule has 2 rings (SSSR count). The van der Waals surface area contributed by atoms with Crippen LogP contribution in [-0.2, 0) is 0 Å². The maximum atomic E-state index is 5.24. The number of rotatable bonds is 4. The molecule has 4 heteroatoms. The SMILES string of the molecule is CNCC1CN(C)CC(C)N1c1ccc(OC)cc1.